The number of ether oxygens (including phenoxy) is 1. The van der Waals surface area contributed by atoms with E-state index in [2.05, 4.69) is 18.0 Å². The summed E-state index contributed by atoms with van der Waals surface area (Å²) in [6.45, 7) is 2.90. The minimum Gasteiger partial charge on any atom is -0.475 e. The molecule has 0 radical (unpaired) electrons. The van der Waals surface area contributed by atoms with Gasteiger partial charge in [-0.25, -0.2) is 4.99 Å². The molecule has 1 aliphatic rings. The lowest BCUT2D eigenvalue weighted by Gasteiger charge is -2.02. The first-order valence-electron chi connectivity index (χ1n) is 6.54. The molecule has 3 heteroatoms. The van der Waals surface area contributed by atoms with Crippen LogP contribution in [0.15, 0.2) is 29.3 Å². The molecule has 18 heavy (non-hydrogen) atoms. The minimum absolute atomic E-state index is 0.308. The van der Waals surface area contributed by atoms with Gasteiger partial charge < -0.3 is 4.74 Å². The van der Waals surface area contributed by atoms with Crippen molar-refractivity contribution >= 4 is 5.90 Å². The van der Waals surface area contributed by atoms with Crippen LogP contribution in [0.25, 0.3) is 0 Å². The van der Waals surface area contributed by atoms with Crippen LogP contribution >= 0.6 is 0 Å². The van der Waals surface area contributed by atoms with Crippen molar-refractivity contribution in [3.63, 3.8) is 0 Å². The number of unbranched alkanes of at least 4 members (excludes halogenated alkanes) is 2. The van der Waals surface area contributed by atoms with E-state index in [-0.39, 0.29) is 0 Å². The zero-order chi connectivity index (χ0) is 12.8. The number of hydrogen-bond donors (Lipinski definition) is 0. The average Bonchev–Trinajstić information content (AvgIpc) is 2.88. The Bertz CT molecular complexity index is 456. The molecule has 94 valence electrons. The number of nitriles is 1. The maximum Gasteiger partial charge on any atom is 0.216 e. The van der Waals surface area contributed by atoms with Gasteiger partial charge in [-0.05, 0) is 30.7 Å². The maximum absolute atomic E-state index is 8.74. The Hall–Kier alpha value is -1.82. The minimum atomic E-state index is 0.308. The summed E-state index contributed by atoms with van der Waals surface area (Å²) in [7, 11) is 0. The SMILES string of the molecule is CCCCC[C@H]1COC(c2ccc(C#N)cc2)=N1. The van der Waals surface area contributed by atoms with Crippen LogP contribution in [0.2, 0.25) is 0 Å². The molecule has 0 unspecified atom stereocenters. The van der Waals surface area contributed by atoms with E-state index >= 15 is 0 Å². The second kappa shape index (κ2) is 6.20. The molecule has 1 aromatic rings. The molecule has 2 rings (SSSR count). The molecule has 0 spiro atoms. The van der Waals surface area contributed by atoms with Crippen LogP contribution in [-0.2, 0) is 4.74 Å². The molecule has 0 bridgehead atoms. The van der Waals surface area contributed by atoms with Crippen molar-refractivity contribution in [3.8, 4) is 6.07 Å². The van der Waals surface area contributed by atoms with Crippen LogP contribution in [0.1, 0.15) is 43.7 Å². The first-order chi connectivity index (χ1) is 8.83. The standard InChI is InChI=1S/C15H18N2O/c1-2-3-4-5-14-11-18-15(17-14)13-8-6-12(10-16)7-9-13/h6-9,14H,2-5,11H2,1H3/t14-/m0/s1. The quantitative estimate of drug-likeness (QED) is 0.744. The van der Waals surface area contributed by atoms with Gasteiger partial charge in [0.25, 0.3) is 0 Å². The van der Waals surface area contributed by atoms with Crippen LogP contribution in [-0.4, -0.2) is 18.5 Å². The Morgan fingerprint density at radius 3 is 2.78 bits per heavy atom. The smallest absolute Gasteiger partial charge is 0.216 e. The topological polar surface area (TPSA) is 45.4 Å². The fourth-order valence-electron chi connectivity index (χ4n) is 2.04. The molecule has 0 N–H and O–H groups in total. The van der Waals surface area contributed by atoms with Crippen molar-refractivity contribution in [1.29, 1.82) is 5.26 Å². The third kappa shape index (κ3) is 3.10. The van der Waals surface area contributed by atoms with Crippen LogP contribution in [0.3, 0.4) is 0 Å². The fourth-order valence-corrected chi connectivity index (χ4v) is 2.04. The molecule has 0 saturated heterocycles. The van der Waals surface area contributed by atoms with Gasteiger partial charge >= 0.3 is 0 Å². The second-order valence-electron chi connectivity index (χ2n) is 4.58. The normalized spacial score (nSPS) is 18.0. The van der Waals surface area contributed by atoms with Crippen LogP contribution in [0.5, 0.6) is 0 Å². The molecule has 0 amide bonds. The molecular formula is C15H18N2O. The van der Waals surface area contributed by atoms with Crippen LogP contribution in [0.4, 0.5) is 0 Å². The highest BCUT2D eigenvalue weighted by atomic mass is 16.5. The molecule has 0 aliphatic carbocycles. The Morgan fingerprint density at radius 2 is 2.11 bits per heavy atom. The zero-order valence-corrected chi connectivity index (χ0v) is 10.7. The first kappa shape index (κ1) is 12.6. The lowest BCUT2D eigenvalue weighted by Crippen LogP contribution is -2.05. The Kier molecular flexibility index (Phi) is 4.35. The number of aliphatic imine (C=N–C) groups is 1. The molecule has 1 heterocycles. The van der Waals surface area contributed by atoms with E-state index in [0.717, 1.165) is 17.9 Å². The van der Waals surface area contributed by atoms with Gasteiger partial charge in [0.2, 0.25) is 5.90 Å². The van der Waals surface area contributed by atoms with E-state index in [1.54, 1.807) is 12.1 Å². The van der Waals surface area contributed by atoms with Gasteiger partial charge in [0.05, 0.1) is 17.7 Å². The highest BCUT2D eigenvalue weighted by molar-refractivity contribution is 5.95. The summed E-state index contributed by atoms with van der Waals surface area (Å²) in [6.07, 6.45) is 4.82. The predicted molar refractivity (Wildman–Crippen MR) is 71.6 cm³/mol. The lowest BCUT2D eigenvalue weighted by atomic mass is 10.1. The maximum atomic E-state index is 8.74. The molecule has 3 nitrogen and oxygen atoms in total. The number of rotatable bonds is 5. The summed E-state index contributed by atoms with van der Waals surface area (Å²) < 4.78 is 5.62. The fraction of sp³-hybridized carbons (Fsp3) is 0.467. The molecule has 1 aliphatic heterocycles. The van der Waals surface area contributed by atoms with E-state index in [1.807, 2.05) is 12.1 Å². The Morgan fingerprint density at radius 1 is 1.33 bits per heavy atom. The molecule has 0 fully saturated rings. The molecule has 1 atom stereocenters. The lowest BCUT2D eigenvalue weighted by molar-refractivity contribution is 0.309. The third-order valence-corrected chi connectivity index (χ3v) is 3.11. The monoisotopic (exact) mass is 242 g/mol. The summed E-state index contributed by atoms with van der Waals surface area (Å²) in [6, 6.07) is 9.80. The Balaban J connectivity index is 1.97. The van der Waals surface area contributed by atoms with Crippen molar-refractivity contribution in [3.05, 3.63) is 35.4 Å². The van der Waals surface area contributed by atoms with Gasteiger partial charge in [-0.15, -0.1) is 0 Å². The zero-order valence-electron chi connectivity index (χ0n) is 10.7. The number of benzene rings is 1. The van der Waals surface area contributed by atoms with Gasteiger partial charge in [-0.1, -0.05) is 26.2 Å². The van der Waals surface area contributed by atoms with Gasteiger partial charge in [0.15, 0.2) is 0 Å². The van der Waals surface area contributed by atoms with Crippen molar-refractivity contribution in [1.82, 2.24) is 0 Å². The van der Waals surface area contributed by atoms with Gasteiger partial charge in [-0.2, -0.15) is 5.26 Å². The summed E-state index contributed by atoms with van der Waals surface area (Å²) in [4.78, 5) is 4.60. The number of hydrogen-bond acceptors (Lipinski definition) is 3. The van der Waals surface area contributed by atoms with Gasteiger partial charge in [-0.3, -0.25) is 0 Å². The molecule has 0 saturated carbocycles. The van der Waals surface area contributed by atoms with Crippen molar-refractivity contribution in [2.24, 2.45) is 4.99 Å². The van der Waals surface area contributed by atoms with Crippen molar-refractivity contribution < 1.29 is 4.74 Å². The van der Waals surface area contributed by atoms with Crippen molar-refractivity contribution in [2.45, 2.75) is 38.6 Å². The van der Waals surface area contributed by atoms with Crippen LogP contribution in [0, 0.1) is 11.3 Å². The summed E-state index contributed by atoms with van der Waals surface area (Å²) >= 11 is 0. The van der Waals surface area contributed by atoms with Gasteiger partial charge in [0.1, 0.15) is 6.61 Å². The first-order valence-corrected chi connectivity index (χ1v) is 6.54. The highest BCUT2D eigenvalue weighted by Crippen LogP contribution is 2.17. The van der Waals surface area contributed by atoms with E-state index in [1.165, 1.54) is 19.3 Å². The van der Waals surface area contributed by atoms with E-state index in [0.29, 0.717) is 18.2 Å². The van der Waals surface area contributed by atoms with E-state index in [4.69, 9.17) is 10.00 Å². The Labute approximate surface area is 108 Å². The van der Waals surface area contributed by atoms with E-state index in [9.17, 15) is 0 Å². The third-order valence-electron chi connectivity index (χ3n) is 3.11. The molecular weight excluding hydrogens is 224 g/mol. The highest BCUT2D eigenvalue weighted by Gasteiger charge is 2.19. The second-order valence-corrected chi connectivity index (χ2v) is 4.58. The summed E-state index contributed by atoms with van der Waals surface area (Å²) in [5.41, 5.74) is 1.63. The average molecular weight is 242 g/mol. The van der Waals surface area contributed by atoms with E-state index < -0.39 is 0 Å². The van der Waals surface area contributed by atoms with Crippen LogP contribution < -0.4 is 0 Å². The van der Waals surface area contributed by atoms with Crippen molar-refractivity contribution in [2.75, 3.05) is 6.61 Å². The predicted octanol–water partition coefficient (Wildman–Crippen LogP) is 3.28. The summed E-state index contributed by atoms with van der Waals surface area (Å²) in [5.74, 6) is 0.723. The molecule has 0 aromatic heterocycles. The largest absolute Gasteiger partial charge is 0.475 e. The number of nitrogens with zero attached hydrogens (tertiary/aromatic N) is 2. The molecule has 1 aromatic carbocycles. The summed E-state index contributed by atoms with van der Waals surface area (Å²) in [5, 5.41) is 8.74. The van der Waals surface area contributed by atoms with Gasteiger partial charge in [0, 0.05) is 5.56 Å².